The predicted octanol–water partition coefficient (Wildman–Crippen LogP) is 2.95. The second-order valence-electron chi connectivity index (χ2n) is 4.23. The van der Waals surface area contributed by atoms with E-state index in [0.717, 1.165) is 35.7 Å². The topological polar surface area (TPSA) is 46.2 Å². The second-order valence-corrected chi connectivity index (χ2v) is 7.64. The minimum atomic E-state index is -3.13. The highest BCUT2D eigenvalue weighted by Gasteiger charge is 2.08. The van der Waals surface area contributed by atoms with Crippen molar-refractivity contribution in [2.24, 2.45) is 0 Å². The Kier molecular flexibility index (Phi) is 6.02. The number of thioether (sulfide) groups is 1. The van der Waals surface area contributed by atoms with Crippen LogP contribution in [0.1, 0.15) is 18.9 Å². The zero-order valence-corrected chi connectivity index (χ0v) is 12.8. The summed E-state index contributed by atoms with van der Waals surface area (Å²) in [5.74, 6) is 2.27. The summed E-state index contributed by atoms with van der Waals surface area (Å²) in [6.45, 7) is 5.01. The summed E-state index contributed by atoms with van der Waals surface area (Å²) in [6, 6.07) is 5.22. The van der Waals surface area contributed by atoms with Gasteiger partial charge in [0.2, 0.25) is 0 Å². The van der Waals surface area contributed by atoms with Crippen molar-refractivity contribution in [1.29, 1.82) is 0 Å². The Morgan fingerprint density at radius 1 is 1.33 bits per heavy atom. The number of hydrogen-bond donors (Lipinski definition) is 1. The smallest absolute Gasteiger partial charge is 0.175 e. The first-order chi connectivity index (χ1) is 8.45. The lowest BCUT2D eigenvalue weighted by atomic mass is 10.2. The van der Waals surface area contributed by atoms with Gasteiger partial charge in [-0.15, -0.1) is 0 Å². The van der Waals surface area contributed by atoms with Gasteiger partial charge in [0.25, 0.3) is 0 Å². The molecular formula is C13H21NO2S2. The molecule has 0 spiro atoms. The number of sulfone groups is 1. The molecule has 0 heterocycles. The van der Waals surface area contributed by atoms with Crippen LogP contribution < -0.4 is 5.32 Å². The third-order valence-electron chi connectivity index (χ3n) is 2.62. The first-order valence-electron chi connectivity index (χ1n) is 6.07. The molecule has 5 heteroatoms. The van der Waals surface area contributed by atoms with Gasteiger partial charge in [-0.3, -0.25) is 0 Å². The SMILES string of the molecule is CCSCCCNc1cc(S(C)(=O)=O)ccc1C. The highest BCUT2D eigenvalue weighted by molar-refractivity contribution is 7.99. The van der Waals surface area contributed by atoms with Crippen molar-refractivity contribution in [3.63, 3.8) is 0 Å². The molecule has 0 atom stereocenters. The van der Waals surface area contributed by atoms with E-state index in [9.17, 15) is 8.42 Å². The molecule has 0 unspecified atom stereocenters. The molecule has 0 saturated heterocycles. The Morgan fingerprint density at radius 3 is 2.67 bits per heavy atom. The molecule has 0 aliphatic rings. The average molecular weight is 287 g/mol. The Bertz CT molecular complexity index is 484. The largest absolute Gasteiger partial charge is 0.385 e. The van der Waals surface area contributed by atoms with E-state index in [1.807, 2.05) is 24.8 Å². The zero-order chi connectivity index (χ0) is 13.6. The normalized spacial score (nSPS) is 11.5. The molecule has 18 heavy (non-hydrogen) atoms. The number of rotatable bonds is 7. The maximum atomic E-state index is 11.5. The van der Waals surface area contributed by atoms with Crippen molar-refractivity contribution >= 4 is 27.3 Å². The van der Waals surface area contributed by atoms with Crippen molar-refractivity contribution in [2.45, 2.75) is 25.2 Å². The maximum absolute atomic E-state index is 11.5. The van der Waals surface area contributed by atoms with Gasteiger partial charge in [-0.25, -0.2) is 8.42 Å². The van der Waals surface area contributed by atoms with Crippen molar-refractivity contribution < 1.29 is 8.42 Å². The van der Waals surface area contributed by atoms with E-state index < -0.39 is 9.84 Å². The van der Waals surface area contributed by atoms with Crippen molar-refractivity contribution in [2.75, 3.05) is 29.6 Å². The Balaban J connectivity index is 2.65. The predicted molar refractivity (Wildman–Crippen MR) is 80.4 cm³/mol. The molecule has 0 radical (unpaired) electrons. The van der Waals surface area contributed by atoms with E-state index in [1.165, 1.54) is 6.26 Å². The number of nitrogens with one attached hydrogen (secondary N) is 1. The number of benzene rings is 1. The molecule has 0 aromatic heterocycles. The Hall–Kier alpha value is -0.680. The first kappa shape index (κ1) is 15.4. The molecule has 0 fully saturated rings. The van der Waals surface area contributed by atoms with E-state index in [0.29, 0.717) is 4.90 Å². The van der Waals surface area contributed by atoms with Gasteiger partial charge in [-0.2, -0.15) is 11.8 Å². The summed E-state index contributed by atoms with van der Waals surface area (Å²) in [7, 11) is -3.13. The van der Waals surface area contributed by atoms with Crippen LogP contribution in [0, 0.1) is 6.92 Å². The van der Waals surface area contributed by atoms with Crippen LogP contribution in [-0.4, -0.2) is 32.7 Å². The molecule has 1 aromatic rings. The van der Waals surface area contributed by atoms with E-state index in [-0.39, 0.29) is 0 Å². The average Bonchev–Trinajstić information content (AvgIpc) is 2.29. The Morgan fingerprint density at radius 2 is 2.06 bits per heavy atom. The van der Waals surface area contributed by atoms with Crippen LogP contribution in [0.4, 0.5) is 5.69 Å². The summed E-state index contributed by atoms with van der Waals surface area (Å²) in [5.41, 5.74) is 1.99. The highest BCUT2D eigenvalue weighted by Crippen LogP contribution is 2.20. The highest BCUT2D eigenvalue weighted by atomic mass is 32.2. The summed E-state index contributed by atoms with van der Waals surface area (Å²) < 4.78 is 23.0. The van der Waals surface area contributed by atoms with E-state index >= 15 is 0 Å². The minimum Gasteiger partial charge on any atom is -0.385 e. The Labute approximate surface area is 114 Å². The van der Waals surface area contributed by atoms with Crippen molar-refractivity contribution in [3.05, 3.63) is 23.8 Å². The third kappa shape index (κ3) is 4.90. The van der Waals surface area contributed by atoms with Crippen LogP contribution in [0.25, 0.3) is 0 Å². The summed E-state index contributed by atoms with van der Waals surface area (Å²) in [5, 5.41) is 3.31. The van der Waals surface area contributed by atoms with Crippen molar-refractivity contribution in [3.8, 4) is 0 Å². The summed E-state index contributed by atoms with van der Waals surface area (Å²) >= 11 is 1.92. The monoisotopic (exact) mass is 287 g/mol. The van der Waals surface area contributed by atoms with Crippen LogP contribution >= 0.6 is 11.8 Å². The molecule has 102 valence electrons. The summed E-state index contributed by atoms with van der Waals surface area (Å²) in [4.78, 5) is 0.374. The van der Waals surface area contributed by atoms with Crippen molar-refractivity contribution in [1.82, 2.24) is 0 Å². The van der Waals surface area contributed by atoms with Gasteiger partial charge in [0.15, 0.2) is 9.84 Å². The van der Waals surface area contributed by atoms with Gasteiger partial charge in [0.05, 0.1) is 4.90 Å². The van der Waals surface area contributed by atoms with Gasteiger partial charge in [-0.05, 0) is 42.5 Å². The molecule has 0 bridgehead atoms. The van der Waals surface area contributed by atoms with Crippen LogP contribution in [0.3, 0.4) is 0 Å². The van der Waals surface area contributed by atoms with E-state index in [2.05, 4.69) is 12.2 Å². The quantitative estimate of drug-likeness (QED) is 0.783. The molecule has 1 rings (SSSR count). The van der Waals surface area contributed by atoms with Gasteiger partial charge in [-0.1, -0.05) is 13.0 Å². The fourth-order valence-corrected chi connectivity index (χ4v) is 2.85. The molecular weight excluding hydrogens is 266 g/mol. The molecule has 0 aliphatic heterocycles. The lowest BCUT2D eigenvalue weighted by Crippen LogP contribution is -2.06. The maximum Gasteiger partial charge on any atom is 0.175 e. The molecule has 3 nitrogen and oxygen atoms in total. The molecule has 1 aromatic carbocycles. The fraction of sp³-hybridized carbons (Fsp3) is 0.538. The lowest BCUT2D eigenvalue weighted by molar-refractivity contribution is 0.602. The summed E-state index contributed by atoms with van der Waals surface area (Å²) in [6.07, 6.45) is 2.32. The van der Waals surface area contributed by atoms with Gasteiger partial charge in [0, 0.05) is 18.5 Å². The van der Waals surface area contributed by atoms with Gasteiger partial charge >= 0.3 is 0 Å². The van der Waals surface area contributed by atoms with E-state index in [4.69, 9.17) is 0 Å². The third-order valence-corrected chi connectivity index (χ3v) is 4.72. The standard InChI is InChI=1S/C13H21NO2S2/c1-4-17-9-5-8-14-13-10-12(18(3,15)16)7-6-11(13)2/h6-7,10,14H,4-5,8-9H2,1-3H3. The fourth-order valence-electron chi connectivity index (χ4n) is 1.56. The van der Waals surface area contributed by atoms with Crippen LogP contribution in [0.15, 0.2) is 23.1 Å². The number of hydrogen-bond acceptors (Lipinski definition) is 4. The second kappa shape index (κ2) is 7.04. The number of aryl methyl sites for hydroxylation is 1. The first-order valence-corrected chi connectivity index (χ1v) is 9.12. The number of anilines is 1. The minimum absolute atomic E-state index is 0.374. The van der Waals surface area contributed by atoms with Crippen LogP contribution in [-0.2, 0) is 9.84 Å². The molecule has 0 aliphatic carbocycles. The molecule has 0 saturated carbocycles. The van der Waals surface area contributed by atoms with Crippen LogP contribution in [0.2, 0.25) is 0 Å². The van der Waals surface area contributed by atoms with E-state index in [1.54, 1.807) is 12.1 Å². The molecule has 0 amide bonds. The lowest BCUT2D eigenvalue weighted by Gasteiger charge is -2.10. The molecule has 1 N–H and O–H groups in total. The van der Waals surface area contributed by atoms with Gasteiger partial charge < -0.3 is 5.32 Å². The van der Waals surface area contributed by atoms with Gasteiger partial charge in [0.1, 0.15) is 0 Å². The van der Waals surface area contributed by atoms with Crippen LogP contribution in [0.5, 0.6) is 0 Å². The zero-order valence-electron chi connectivity index (χ0n) is 11.2.